The molecule has 1 saturated carbocycles. The summed E-state index contributed by atoms with van der Waals surface area (Å²) in [6.07, 6.45) is 7.10. The Morgan fingerprint density at radius 1 is 1.12 bits per heavy atom. The lowest BCUT2D eigenvalue weighted by Crippen LogP contribution is -2.23. The van der Waals surface area contributed by atoms with Crippen LogP contribution in [0.5, 0.6) is 0 Å². The maximum atomic E-state index is 3.70. The molecule has 1 aliphatic heterocycles. The lowest BCUT2D eigenvalue weighted by atomic mass is 9.81. The topological polar surface area (TPSA) is 12.0 Å². The van der Waals surface area contributed by atoms with Crippen molar-refractivity contribution in [1.82, 2.24) is 5.32 Å². The molecule has 0 radical (unpaired) electrons. The number of hydrogen-bond donors (Lipinski definition) is 1. The van der Waals surface area contributed by atoms with Crippen LogP contribution in [-0.4, -0.2) is 0 Å². The van der Waals surface area contributed by atoms with Gasteiger partial charge in [-0.2, -0.15) is 0 Å². The van der Waals surface area contributed by atoms with Crippen molar-refractivity contribution in [3.05, 3.63) is 33.8 Å². The van der Waals surface area contributed by atoms with Crippen LogP contribution in [0.25, 0.3) is 0 Å². The summed E-state index contributed by atoms with van der Waals surface area (Å²) in [4.78, 5) is 0. The van der Waals surface area contributed by atoms with Crippen LogP contribution < -0.4 is 5.32 Å². The van der Waals surface area contributed by atoms with Gasteiger partial charge in [-0.15, -0.1) is 0 Å². The molecule has 2 heteroatoms. The summed E-state index contributed by atoms with van der Waals surface area (Å²) in [5, 5.41) is 3.70. The van der Waals surface area contributed by atoms with E-state index in [1.165, 1.54) is 42.1 Å². The molecule has 1 atom stereocenters. The van der Waals surface area contributed by atoms with E-state index in [1.807, 2.05) is 0 Å². The van der Waals surface area contributed by atoms with Crippen LogP contribution in [0.2, 0.25) is 0 Å². The van der Waals surface area contributed by atoms with Crippen molar-refractivity contribution in [2.75, 3.05) is 0 Å². The Hall–Kier alpha value is -0.340. The van der Waals surface area contributed by atoms with E-state index in [9.17, 15) is 0 Å². The molecule has 1 N–H and O–H groups in total. The molecule has 0 bridgehead atoms. The molecule has 1 nitrogen and oxygen atoms in total. The van der Waals surface area contributed by atoms with Crippen LogP contribution in [-0.2, 0) is 6.54 Å². The summed E-state index contributed by atoms with van der Waals surface area (Å²) in [6, 6.07) is 7.35. The average Bonchev–Trinajstić information content (AvgIpc) is 2.73. The first-order valence-electron chi connectivity index (χ1n) is 6.36. The molecule has 1 aromatic carbocycles. The van der Waals surface area contributed by atoms with E-state index in [1.54, 1.807) is 5.56 Å². The van der Waals surface area contributed by atoms with Gasteiger partial charge in [0, 0.05) is 17.1 Å². The Morgan fingerprint density at radius 2 is 1.94 bits per heavy atom. The summed E-state index contributed by atoms with van der Waals surface area (Å²) in [6.45, 7) is 1.06. The van der Waals surface area contributed by atoms with Gasteiger partial charge in [0.25, 0.3) is 0 Å². The molecule has 86 valence electrons. The predicted octanol–water partition coefficient (Wildman–Crippen LogP) is 4.17. The molecule has 2 aliphatic rings. The van der Waals surface area contributed by atoms with Crippen molar-refractivity contribution in [1.29, 1.82) is 0 Å². The minimum Gasteiger partial charge on any atom is -0.306 e. The number of hydrogen-bond acceptors (Lipinski definition) is 1. The number of fused-ring (bicyclic) bond motifs is 1. The quantitative estimate of drug-likeness (QED) is 0.814. The van der Waals surface area contributed by atoms with Crippen LogP contribution in [0, 0.1) is 5.92 Å². The molecule has 1 aliphatic carbocycles. The van der Waals surface area contributed by atoms with E-state index in [-0.39, 0.29) is 0 Å². The number of nitrogens with one attached hydrogen (secondary N) is 1. The molecule has 0 spiro atoms. The van der Waals surface area contributed by atoms with E-state index in [0.29, 0.717) is 6.04 Å². The third kappa shape index (κ3) is 1.93. The Bertz CT molecular complexity index is 382. The molecule has 1 aromatic rings. The highest BCUT2D eigenvalue weighted by molar-refractivity contribution is 9.10. The molecular formula is C14H18BrN. The van der Waals surface area contributed by atoms with E-state index in [4.69, 9.17) is 0 Å². The first-order valence-corrected chi connectivity index (χ1v) is 7.15. The Balaban J connectivity index is 1.86. The van der Waals surface area contributed by atoms with Crippen LogP contribution in [0.4, 0.5) is 0 Å². The highest BCUT2D eigenvalue weighted by Crippen LogP contribution is 2.39. The maximum absolute atomic E-state index is 3.70. The van der Waals surface area contributed by atoms with Gasteiger partial charge in [-0.3, -0.25) is 0 Å². The summed E-state index contributed by atoms with van der Waals surface area (Å²) in [7, 11) is 0. The normalized spacial score (nSPS) is 25.7. The molecule has 3 rings (SSSR count). The highest BCUT2D eigenvalue weighted by atomic mass is 79.9. The largest absolute Gasteiger partial charge is 0.306 e. The monoisotopic (exact) mass is 279 g/mol. The fourth-order valence-corrected chi connectivity index (χ4v) is 3.61. The van der Waals surface area contributed by atoms with Crippen LogP contribution >= 0.6 is 15.9 Å². The molecular weight excluding hydrogens is 262 g/mol. The standard InChI is InChI=1S/C14H18BrN/c15-12-7-6-11-9-16-14(13(11)8-12)10-4-2-1-3-5-10/h6-8,10,14,16H,1-5,9H2. The fraction of sp³-hybridized carbons (Fsp3) is 0.571. The highest BCUT2D eigenvalue weighted by Gasteiger charge is 2.30. The van der Waals surface area contributed by atoms with Crippen molar-refractivity contribution in [2.45, 2.75) is 44.7 Å². The van der Waals surface area contributed by atoms with E-state index < -0.39 is 0 Å². The fourth-order valence-electron chi connectivity index (χ4n) is 3.23. The van der Waals surface area contributed by atoms with Crippen LogP contribution in [0.3, 0.4) is 0 Å². The van der Waals surface area contributed by atoms with Crippen molar-refractivity contribution >= 4 is 15.9 Å². The van der Waals surface area contributed by atoms with Gasteiger partial charge >= 0.3 is 0 Å². The molecule has 1 heterocycles. The van der Waals surface area contributed by atoms with Gasteiger partial charge in [0.2, 0.25) is 0 Å². The number of benzene rings is 1. The summed E-state index contributed by atoms with van der Waals surface area (Å²) < 4.78 is 1.22. The third-order valence-electron chi connectivity index (χ3n) is 4.08. The van der Waals surface area contributed by atoms with E-state index in [0.717, 1.165) is 12.5 Å². The number of rotatable bonds is 1. The van der Waals surface area contributed by atoms with Gasteiger partial charge in [-0.05, 0) is 42.0 Å². The second-order valence-electron chi connectivity index (χ2n) is 5.10. The van der Waals surface area contributed by atoms with Crippen molar-refractivity contribution < 1.29 is 0 Å². The maximum Gasteiger partial charge on any atom is 0.0355 e. The van der Waals surface area contributed by atoms with Gasteiger partial charge in [0.1, 0.15) is 0 Å². The minimum atomic E-state index is 0.618. The Labute approximate surface area is 106 Å². The van der Waals surface area contributed by atoms with Crippen LogP contribution in [0.15, 0.2) is 22.7 Å². The zero-order valence-electron chi connectivity index (χ0n) is 9.51. The van der Waals surface area contributed by atoms with E-state index >= 15 is 0 Å². The molecule has 16 heavy (non-hydrogen) atoms. The summed E-state index contributed by atoms with van der Waals surface area (Å²) in [5.41, 5.74) is 3.04. The predicted molar refractivity (Wildman–Crippen MR) is 70.3 cm³/mol. The van der Waals surface area contributed by atoms with Gasteiger partial charge in [-0.1, -0.05) is 41.3 Å². The van der Waals surface area contributed by atoms with Gasteiger partial charge in [0.05, 0.1) is 0 Å². The second kappa shape index (κ2) is 4.50. The van der Waals surface area contributed by atoms with Gasteiger partial charge < -0.3 is 5.32 Å². The van der Waals surface area contributed by atoms with Crippen molar-refractivity contribution in [2.24, 2.45) is 5.92 Å². The second-order valence-corrected chi connectivity index (χ2v) is 6.02. The first-order chi connectivity index (χ1) is 7.84. The average molecular weight is 280 g/mol. The summed E-state index contributed by atoms with van der Waals surface area (Å²) >= 11 is 3.59. The zero-order chi connectivity index (χ0) is 11.0. The first kappa shape index (κ1) is 10.8. The number of halogens is 1. The Morgan fingerprint density at radius 3 is 2.75 bits per heavy atom. The molecule has 1 unspecified atom stereocenters. The lowest BCUT2D eigenvalue weighted by Gasteiger charge is -2.28. The summed E-state index contributed by atoms with van der Waals surface area (Å²) in [5.74, 6) is 0.865. The van der Waals surface area contributed by atoms with E-state index in [2.05, 4.69) is 39.4 Å². The molecule has 1 fully saturated rings. The zero-order valence-corrected chi connectivity index (χ0v) is 11.1. The minimum absolute atomic E-state index is 0.618. The lowest BCUT2D eigenvalue weighted by molar-refractivity contribution is 0.282. The SMILES string of the molecule is Brc1ccc2c(c1)C(C1CCCCC1)NC2. The molecule has 0 amide bonds. The smallest absolute Gasteiger partial charge is 0.0355 e. The molecule has 0 aromatic heterocycles. The third-order valence-corrected chi connectivity index (χ3v) is 4.57. The van der Waals surface area contributed by atoms with Crippen molar-refractivity contribution in [3.8, 4) is 0 Å². The van der Waals surface area contributed by atoms with Gasteiger partial charge in [0.15, 0.2) is 0 Å². The van der Waals surface area contributed by atoms with Crippen molar-refractivity contribution in [3.63, 3.8) is 0 Å². The van der Waals surface area contributed by atoms with Gasteiger partial charge in [-0.25, -0.2) is 0 Å². The van der Waals surface area contributed by atoms with Crippen LogP contribution in [0.1, 0.15) is 49.3 Å². The molecule has 0 saturated heterocycles. The Kier molecular flexibility index (Phi) is 3.03.